The first kappa shape index (κ1) is 43.0. The van der Waals surface area contributed by atoms with Crippen molar-refractivity contribution in [2.75, 3.05) is 49.2 Å². The molecular weight excluding hydrogens is 677 g/mol. The number of nitrogens with two attached hydrogens (primary N) is 2. The van der Waals surface area contributed by atoms with E-state index in [0.717, 1.165) is 47.2 Å². The summed E-state index contributed by atoms with van der Waals surface area (Å²) in [6, 6.07) is 20.1. The Morgan fingerprint density at radius 3 is 1.23 bits per heavy atom. The summed E-state index contributed by atoms with van der Waals surface area (Å²) >= 11 is 0. The summed E-state index contributed by atoms with van der Waals surface area (Å²) in [5.74, 6) is 3.82. The molecule has 10 N–H and O–H groups in total. The van der Waals surface area contributed by atoms with Gasteiger partial charge in [-0.25, -0.2) is 0 Å². The smallest absolute Gasteiger partial charge is 0.423 e. The largest absolute Gasteiger partial charge is 0.488 e. The van der Waals surface area contributed by atoms with E-state index in [1.807, 2.05) is 12.1 Å². The molecule has 0 aromatic heterocycles. The van der Waals surface area contributed by atoms with Crippen LogP contribution in [-0.2, 0) is 0 Å². The van der Waals surface area contributed by atoms with Gasteiger partial charge in [0.05, 0.1) is 0 Å². The van der Waals surface area contributed by atoms with Crippen molar-refractivity contribution in [2.24, 2.45) is 21.5 Å². The fourth-order valence-electron chi connectivity index (χ4n) is 3.24. The molecule has 0 unspecified atom stereocenters. The third-order valence-corrected chi connectivity index (χ3v) is 10.3. The number of aldehydes is 1. The van der Waals surface area contributed by atoms with Crippen LogP contribution in [0, 0.1) is 0 Å². The second kappa shape index (κ2) is 27.9. The molecule has 3 rings (SSSR count). The topological polar surface area (TPSA) is 215 Å². The van der Waals surface area contributed by atoms with Crippen LogP contribution in [0.5, 0.6) is 0 Å². The molecule has 0 aliphatic heterocycles. The van der Waals surface area contributed by atoms with Gasteiger partial charge in [0.15, 0.2) is 0 Å². The zero-order valence-corrected chi connectivity index (χ0v) is 29.1. The van der Waals surface area contributed by atoms with Crippen LogP contribution in [0.15, 0.2) is 82.8 Å². The second-order valence-corrected chi connectivity index (χ2v) is 14.6. The van der Waals surface area contributed by atoms with Gasteiger partial charge < -0.3 is 41.6 Å². The highest BCUT2D eigenvalue weighted by molar-refractivity contribution is 8.77. The molecule has 0 saturated heterocycles. The van der Waals surface area contributed by atoms with Crippen molar-refractivity contribution < 1.29 is 34.9 Å². The molecular formula is C29H41B3N4O7S4. The zero-order chi connectivity index (χ0) is 34.7. The second-order valence-electron chi connectivity index (χ2n) is 9.19. The summed E-state index contributed by atoms with van der Waals surface area (Å²) in [5, 5.41) is 54.0. The third-order valence-electron chi connectivity index (χ3n) is 5.42. The maximum Gasteiger partial charge on any atom is 0.488 e. The van der Waals surface area contributed by atoms with E-state index in [0.29, 0.717) is 41.3 Å². The molecule has 252 valence electrons. The van der Waals surface area contributed by atoms with Crippen molar-refractivity contribution in [2.45, 2.75) is 0 Å². The number of carbonyl (C=O) groups is 1. The Balaban J connectivity index is 0.000000473. The lowest BCUT2D eigenvalue weighted by molar-refractivity contribution is 0.112. The summed E-state index contributed by atoms with van der Waals surface area (Å²) < 4.78 is 0. The molecule has 18 heteroatoms. The normalized spacial score (nSPS) is 10.6. The van der Waals surface area contributed by atoms with Gasteiger partial charge in [0.2, 0.25) is 0 Å². The van der Waals surface area contributed by atoms with Crippen molar-refractivity contribution in [3.63, 3.8) is 0 Å². The van der Waals surface area contributed by atoms with E-state index in [1.54, 1.807) is 104 Å². The van der Waals surface area contributed by atoms with Gasteiger partial charge in [-0.1, -0.05) is 116 Å². The van der Waals surface area contributed by atoms with Gasteiger partial charge in [-0.2, -0.15) is 0 Å². The van der Waals surface area contributed by atoms with Crippen molar-refractivity contribution in [1.82, 2.24) is 0 Å². The quantitative estimate of drug-likeness (QED) is 0.0273. The van der Waals surface area contributed by atoms with Crippen molar-refractivity contribution in [3.8, 4) is 0 Å². The standard InChI is InChI=1S/C18H22B2N2O4S2.C7H7BO3.C4H12N2S2/c23-19(24)17-5-1-3-15(11-17)13-21-7-9-27-28-10-8-22-14-16-4-2-6-18(12-16)20(25)26;9-5-6-2-1-3-7(4-6)8(10)11;5-1-3-7-8-4-2-6/h1-6,11-14,23-26H,7-10H2;1-5,10-11H;1-6H2. The van der Waals surface area contributed by atoms with Gasteiger partial charge in [-0.3, -0.25) is 14.8 Å². The van der Waals surface area contributed by atoms with Crippen molar-refractivity contribution in [1.29, 1.82) is 0 Å². The minimum Gasteiger partial charge on any atom is -0.423 e. The van der Waals surface area contributed by atoms with Crippen molar-refractivity contribution >= 4 is 99.6 Å². The van der Waals surface area contributed by atoms with Crippen LogP contribution in [0.25, 0.3) is 0 Å². The molecule has 0 saturated carbocycles. The Labute approximate surface area is 293 Å². The summed E-state index contributed by atoms with van der Waals surface area (Å²) in [5.41, 5.74) is 13.9. The van der Waals surface area contributed by atoms with Crippen LogP contribution in [0.4, 0.5) is 0 Å². The monoisotopic (exact) mass is 718 g/mol. The summed E-state index contributed by atoms with van der Waals surface area (Å²) in [4.78, 5) is 18.9. The number of hydrogen-bond acceptors (Lipinski definition) is 15. The number of hydrogen-bond donors (Lipinski definition) is 8. The molecule has 0 aliphatic rings. The fourth-order valence-corrected chi connectivity index (χ4v) is 6.71. The van der Waals surface area contributed by atoms with Crippen LogP contribution >= 0.6 is 43.2 Å². The maximum absolute atomic E-state index is 10.2. The van der Waals surface area contributed by atoms with Crippen LogP contribution in [-0.4, -0.2) is 119 Å². The van der Waals surface area contributed by atoms with E-state index in [2.05, 4.69) is 9.98 Å². The average molecular weight is 718 g/mol. The third kappa shape index (κ3) is 21.5. The first-order valence-electron chi connectivity index (χ1n) is 14.4. The zero-order valence-electron chi connectivity index (χ0n) is 25.8. The minimum absolute atomic E-state index is 0.328. The van der Waals surface area contributed by atoms with Gasteiger partial charge in [0.25, 0.3) is 0 Å². The Morgan fingerprint density at radius 1 is 0.553 bits per heavy atom. The molecule has 0 aliphatic carbocycles. The van der Waals surface area contributed by atoms with Gasteiger partial charge in [0, 0.05) is 67.2 Å². The Kier molecular flexibility index (Phi) is 25.5. The average Bonchev–Trinajstić information content (AvgIpc) is 3.08. The molecule has 3 aromatic carbocycles. The van der Waals surface area contributed by atoms with E-state index < -0.39 is 21.4 Å². The predicted molar refractivity (Wildman–Crippen MR) is 207 cm³/mol. The van der Waals surface area contributed by atoms with Gasteiger partial charge in [-0.15, -0.1) is 0 Å². The van der Waals surface area contributed by atoms with Crippen molar-refractivity contribution in [3.05, 3.63) is 89.5 Å². The Bertz CT molecular complexity index is 1260. The summed E-state index contributed by atoms with van der Waals surface area (Å²) in [7, 11) is 2.61. The van der Waals surface area contributed by atoms with E-state index in [-0.39, 0.29) is 0 Å². The van der Waals surface area contributed by atoms with E-state index in [9.17, 15) is 4.79 Å². The molecule has 11 nitrogen and oxygen atoms in total. The van der Waals surface area contributed by atoms with E-state index in [4.69, 9.17) is 41.6 Å². The molecule has 47 heavy (non-hydrogen) atoms. The van der Waals surface area contributed by atoms with Gasteiger partial charge in [0.1, 0.15) is 6.29 Å². The number of rotatable bonds is 18. The summed E-state index contributed by atoms with van der Waals surface area (Å²) in [6.45, 7) is 2.90. The first-order valence-corrected chi connectivity index (χ1v) is 19.4. The fraction of sp³-hybridized carbons (Fsp3) is 0.276. The molecule has 0 fully saturated rings. The molecule has 0 amide bonds. The van der Waals surface area contributed by atoms with E-state index in [1.165, 1.54) is 12.1 Å². The Morgan fingerprint density at radius 2 is 0.894 bits per heavy atom. The highest BCUT2D eigenvalue weighted by Crippen LogP contribution is 2.20. The number of benzene rings is 3. The molecule has 0 bridgehead atoms. The van der Waals surface area contributed by atoms with Gasteiger partial charge >= 0.3 is 21.4 Å². The number of aliphatic imine (C=N–C) groups is 2. The maximum atomic E-state index is 10.2. The summed E-state index contributed by atoms with van der Waals surface area (Å²) in [6.07, 6.45) is 4.13. The molecule has 0 atom stereocenters. The highest BCUT2D eigenvalue weighted by atomic mass is 33.1. The molecule has 3 aromatic rings. The minimum atomic E-state index is -1.50. The number of carbonyl (C=O) groups excluding carboxylic acids is 1. The predicted octanol–water partition coefficient (Wildman–Crippen LogP) is -0.570. The first-order chi connectivity index (χ1) is 22.7. The lowest BCUT2D eigenvalue weighted by Crippen LogP contribution is -2.29. The van der Waals surface area contributed by atoms with Gasteiger partial charge in [-0.05, 0) is 27.5 Å². The lowest BCUT2D eigenvalue weighted by Gasteiger charge is -2.01. The molecule has 0 radical (unpaired) electrons. The van der Waals surface area contributed by atoms with Crippen LogP contribution in [0.1, 0.15) is 21.5 Å². The molecule has 0 heterocycles. The van der Waals surface area contributed by atoms with Crippen LogP contribution in [0.3, 0.4) is 0 Å². The van der Waals surface area contributed by atoms with Crippen LogP contribution < -0.4 is 27.9 Å². The van der Waals surface area contributed by atoms with E-state index >= 15 is 0 Å². The van der Waals surface area contributed by atoms with Crippen LogP contribution in [0.2, 0.25) is 0 Å². The lowest BCUT2D eigenvalue weighted by atomic mass is 9.80. The number of nitrogens with zero attached hydrogens (tertiary/aromatic N) is 2. The SMILES string of the molecule is NCCSSCCN.O=Cc1cccc(B(O)O)c1.OB(O)c1cccc(C=NCCSSCCN=Cc2cccc(B(O)O)c2)c1. The Hall–Kier alpha value is -2.06. The molecule has 0 spiro atoms. The highest BCUT2D eigenvalue weighted by Gasteiger charge is 2.11.